The summed E-state index contributed by atoms with van der Waals surface area (Å²) in [4.78, 5) is 31.6. The van der Waals surface area contributed by atoms with E-state index in [0.717, 1.165) is 24.1 Å². The van der Waals surface area contributed by atoms with E-state index < -0.39 is 5.41 Å². The molecule has 3 rings (SSSR count). The molecule has 1 amide bonds. The maximum absolute atomic E-state index is 12.9. The molecular weight excluding hydrogens is 324 g/mol. The number of nitrogens with zero attached hydrogens (tertiary/aromatic N) is 2. The second-order valence-corrected chi connectivity index (χ2v) is 7.08. The minimum atomic E-state index is -0.469. The number of amides is 1. The number of piperidine rings is 1. The smallest absolute Gasteiger partial charge is 0.253 e. The fourth-order valence-corrected chi connectivity index (χ4v) is 3.88. The van der Waals surface area contributed by atoms with Crippen LogP contribution in [0.25, 0.3) is 0 Å². The molecule has 0 spiro atoms. The van der Waals surface area contributed by atoms with E-state index in [1.807, 2.05) is 41.3 Å². The largest absolute Gasteiger partial charge is 0.339 e. The van der Waals surface area contributed by atoms with Gasteiger partial charge in [-0.15, -0.1) is 0 Å². The third-order valence-corrected chi connectivity index (χ3v) is 5.47. The third-order valence-electron chi connectivity index (χ3n) is 5.47. The molecule has 2 aromatic rings. The van der Waals surface area contributed by atoms with Gasteiger partial charge in [-0.3, -0.25) is 14.6 Å². The van der Waals surface area contributed by atoms with E-state index >= 15 is 0 Å². The van der Waals surface area contributed by atoms with E-state index in [1.54, 1.807) is 19.2 Å². The summed E-state index contributed by atoms with van der Waals surface area (Å²) in [6.07, 6.45) is 4.94. The maximum atomic E-state index is 12.9. The summed E-state index contributed by atoms with van der Waals surface area (Å²) in [5.41, 5.74) is 2.24. The molecule has 0 N–H and O–H groups in total. The fourth-order valence-electron chi connectivity index (χ4n) is 3.88. The van der Waals surface area contributed by atoms with Crippen LogP contribution in [0.3, 0.4) is 0 Å². The normalized spacial score (nSPS) is 16.3. The molecular formula is C22H26N2O2. The van der Waals surface area contributed by atoms with E-state index in [1.165, 1.54) is 0 Å². The predicted molar refractivity (Wildman–Crippen MR) is 102 cm³/mol. The number of pyridine rings is 1. The van der Waals surface area contributed by atoms with Gasteiger partial charge in [-0.25, -0.2) is 0 Å². The number of likely N-dealkylation sites (tertiary alicyclic amines) is 1. The molecule has 0 atom stereocenters. The van der Waals surface area contributed by atoms with Crippen LogP contribution in [-0.4, -0.2) is 34.7 Å². The second-order valence-electron chi connectivity index (χ2n) is 7.08. The van der Waals surface area contributed by atoms with Gasteiger partial charge in [0.1, 0.15) is 5.78 Å². The Labute approximate surface area is 155 Å². The second kappa shape index (κ2) is 7.81. The van der Waals surface area contributed by atoms with E-state index in [9.17, 15) is 9.59 Å². The number of carbonyl (C=O) groups excluding carboxylic acids is 2. The fraction of sp³-hybridized carbons (Fsp3) is 0.409. The number of Topliss-reactive ketones (excluding diaryl/α,β-unsaturated/α-hetero) is 1. The zero-order valence-electron chi connectivity index (χ0n) is 15.6. The average molecular weight is 350 g/mol. The molecule has 4 nitrogen and oxygen atoms in total. The quantitative estimate of drug-likeness (QED) is 0.824. The lowest BCUT2D eigenvalue weighted by Gasteiger charge is -2.40. The molecule has 1 saturated heterocycles. The summed E-state index contributed by atoms with van der Waals surface area (Å²) in [5.74, 6) is 0.222. The summed E-state index contributed by atoms with van der Waals surface area (Å²) in [6.45, 7) is 4.97. The minimum absolute atomic E-state index is 0.0370. The van der Waals surface area contributed by atoms with Gasteiger partial charge in [0.25, 0.3) is 5.91 Å². The molecule has 0 saturated carbocycles. The Hall–Kier alpha value is -2.49. The Morgan fingerprint density at radius 1 is 1.12 bits per heavy atom. The van der Waals surface area contributed by atoms with Gasteiger partial charge in [-0.05, 0) is 43.9 Å². The summed E-state index contributed by atoms with van der Waals surface area (Å²) < 4.78 is 0. The van der Waals surface area contributed by atoms with Gasteiger partial charge < -0.3 is 4.90 Å². The molecule has 0 aliphatic carbocycles. The lowest BCUT2D eigenvalue weighted by molar-refractivity contribution is -0.124. The molecule has 1 aliphatic heterocycles. The lowest BCUT2D eigenvalue weighted by atomic mass is 9.70. The van der Waals surface area contributed by atoms with Crippen molar-refractivity contribution in [1.82, 2.24) is 9.88 Å². The third kappa shape index (κ3) is 3.55. The molecule has 4 heteroatoms. The van der Waals surface area contributed by atoms with Crippen LogP contribution in [-0.2, 0) is 16.6 Å². The van der Waals surface area contributed by atoms with Gasteiger partial charge in [-0.2, -0.15) is 0 Å². The molecule has 1 aromatic carbocycles. The Bertz CT molecular complexity index is 778. The van der Waals surface area contributed by atoms with Crippen LogP contribution in [0.2, 0.25) is 0 Å². The topological polar surface area (TPSA) is 50.3 Å². The highest BCUT2D eigenvalue weighted by Gasteiger charge is 2.41. The van der Waals surface area contributed by atoms with Crippen molar-refractivity contribution >= 4 is 11.7 Å². The van der Waals surface area contributed by atoms with Crippen LogP contribution in [0, 0.1) is 0 Å². The van der Waals surface area contributed by atoms with Crippen molar-refractivity contribution < 1.29 is 9.59 Å². The van der Waals surface area contributed by atoms with Gasteiger partial charge in [0.15, 0.2) is 0 Å². The number of carbonyl (C=O) groups is 2. The van der Waals surface area contributed by atoms with Crippen LogP contribution < -0.4 is 0 Å². The minimum Gasteiger partial charge on any atom is -0.339 e. The first-order valence-corrected chi connectivity index (χ1v) is 9.37. The first-order valence-electron chi connectivity index (χ1n) is 9.37. The van der Waals surface area contributed by atoms with Crippen LogP contribution in [0.5, 0.6) is 0 Å². The molecule has 0 unspecified atom stereocenters. The maximum Gasteiger partial charge on any atom is 0.253 e. The molecule has 136 valence electrons. The van der Waals surface area contributed by atoms with Crippen molar-refractivity contribution in [3.63, 3.8) is 0 Å². The zero-order valence-corrected chi connectivity index (χ0v) is 15.6. The Morgan fingerprint density at radius 3 is 2.42 bits per heavy atom. The van der Waals surface area contributed by atoms with Gasteiger partial charge in [0.05, 0.1) is 5.41 Å². The number of aryl methyl sites for hydroxylation is 1. The Morgan fingerprint density at radius 2 is 1.81 bits per heavy atom. The Balaban J connectivity index is 1.76. The van der Waals surface area contributed by atoms with Crippen LogP contribution in [0.15, 0.2) is 48.7 Å². The molecule has 0 radical (unpaired) electrons. The van der Waals surface area contributed by atoms with Crippen molar-refractivity contribution in [3.05, 3.63) is 65.5 Å². The molecule has 2 heterocycles. The summed E-state index contributed by atoms with van der Waals surface area (Å²) in [6, 6.07) is 13.7. The molecule has 26 heavy (non-hydrogen) atoms. The number of rotatable bonds is 5. The molecule has 1 aliphatic rings. The van der Waals surface area contributed by atoms with Crippen LogP contribution >= 0.6 is 0 Å². The standard InChI is InChI=1S/C22H26N2O2/c1-3-7-20-16-18(10-13-23-20)21(26)24-14-11-22(12-15-24,17(2)25)19-8-5-4-6-9-19/h4-6,8-10,13,16H,3,7,11-12,14-15H2,1-2H3. The van der Waals surface area contributed by atoms with Crippen LogP contribution in [0.1, 0.15) is 54.7 Å². The van der Waals surface area contributed by atoms with Crippen molar-refractivity contribution in [3.8, 4) is 0 Å². The van der Waals surface area contributed by atoms with Gasteiger partial charge in [0.2, 0.25) is 0 Å². The van der Waals surface area contributed by atoms with Gasteiger partial charge >= 0.3 is 0 Å². The highest BCUT2D eigenvalue weighted by molar-refractivity contribution is 5.95. The van der Waals surface area contributed by atoms with Crippen molar-refractivity contribution in [2.75, 3.05) is 13.1 Å². The highest BCUT2D eigenvalue weighted by Crippen LogP contribution is 2.36. The molecule has 1 fully saturated rings. The number of ketones is 1. The number of aromatic nitrogens is 1. The predicted octanol–water partition coefficient (Wildman–Crippen LogP) is 3.80. The summed E-state index contributed by atoms with van der Waals surface area (Å²) in [5, 5.41) is 0. The average Bonchev–Trinajstić information content (AvgIpc) is 2.68. The van der Waals surface area contributed by atoms with Gasteiger partial charge in [0, 0.05) is 30.5 Å². The molecule has 0 bridgehead atoms. The SMILES string of the molecule is CCCc1cc(C(=O)N2CCC(C(C)=O)(c3ccccc3)CC2)ccn1. The van der Waals surface area contributed by atoms with E-state index in [-0.39, 0.29) is 11.7 Å². The van der Waals surface area contributed by atoms with Gasteiger partial charge in [-0.1, -0.05) is 43.7 Å². The first-order chi connectivity index (χ1) is 12.6. The first kappa shape index (κ1) is 18.3. The molecule has 1 aromatic heterocycles. The summed E-state index contributed by atoms with van der Waals surface area (Å²) in [7, 11) is 0. The number of benzene rings is 1. The van der Waals surface area contributed by atoms with Crippen LogP contribution in [0.4, 0.5) is 0 Å². The lowest BCUT2D eigenvalue weighted by Crippen LogP contribution is -2.48. The van der Waals surface area contributed by atoms with E-state index in [2.05, 4.69) is 11.9 Å². The van der Waals surface area contributed by atoms with Crippen molar-refractivity contribution in [2.45, 2.75) is 44.9 Å². The highest BCUT2D eigenvalue weighted by atomic mass is 16.2. The number of hydrogen-bond acceptors (Lipinski definition) is 3. The number of hydrogen-bond donors (Lipinski definition) is 0. The van der Waals surface area contributed by atoms with Crippen molar-refractivity contribution in [1.29, 1.82) is 0 Å². The van der Waals surface area contributed by atoms with E-state index in [0.29, 0.717) is 31.5 Å². The monoisotopic (exact) mass is 350 g/mol. The summed E-state index contributed by atoms with van der Waals surface area (Å²) >= 11 is 0. The zero-order chi connectivity index (χ0) is 18.6. The Kier molecular flexibility index (Phi) is 5.50. The van der Waals surface area contributed by atoms with Crippen molar-refractivity contribution in [2.24, 2.45) is 0 Å². The van der Waals surface area contributed by atoms with E-state index in [4.69, 9.17) is 0 Å².